The van der Waals surface area contributed by atoms with Gasteiger partial charge in [-0.05, 0) is 55.3 Å². The summed E-state index contributed by atoms with van der Waals surface area (Å²) >= 11 is 0. The Kier molecular flexibility index (Phi) is 5.73. The van der Waals surface area contributed by atoms with E-state index < -0.39 is 17.6 Å². The van der Waals surface area contributed by atoms with Crippen molar-refractivity contribution in [3.8, 4) is 5.69 Å². The zero-order valence-electron chi connectivity index (χ0n) is 16.3. The van der Waals surface area contributed by atoms with Gasteiger partial charge in [-0.2, -0.15) is 18.3 Å². The van der Waals surface area contributed by atoms with Crippen LogP contribution < -0.4 is 5.32 Å². The third-order valence-corrected chi connectivity index (χ3v) is 5.23. The molecule has 0 bridgehead atoms. The maximum Gasteiger partial charge on any atom is 0.416 e. The van der Waals surface area contributed by atoms with Crippen molar-refractivity contribution in [2.45, 2.75) is 25.1 Å². The molecule has 0 radical (unpaired) electrons. The Labute approximate surface area is 175 Å². The molecule has 1 atom stereocenters. The van der Waals surface area contributed by atoms with E-state index in [0.717, 1.165) is 30.5 Å². The smallest absolute Gasteiger partial charge is 0.323 e. The molecule has 1 aliphatic heterocycles. The predicted octanol–water partition coefficient (Wildman–Crippen LogP) is 4.20. The van der Waals surface area contributed by atoms with Crippen molar-refractivity contribution >= 4 is 11.6 Å². The van der Waals surface area contributed by atoms with Gasteiger partial charge in [0.05, 0.1) is 23.5 Å². The molecule has 2 aromatic carbocycles. The summed E-state index contributed by atoms with van der Waals surface area (Å²) in [4.78, 5) is 18.5. The number of alkyl halides is 3. The van der Waals surface area contributed by atoms with Gasteiger partial charge in [0, 0.05) is 6.04 Å². The first kappa shape index (κ1) is 21.0. The largest absolute Gasteiger partial charge is 0.416 e. The summed E-state index contributed by atoms with van der Waals surface area (Å²) in [6, 6.07) is 9.12. The number of hydrogen-bond acceptors (Lipinski definition) is 4. The van der Waals surface area contributed by atoms with Gasteiger partial charge in [-0.3, -0.25) is 9.69 Å². The fourth-order valence-electron chi connectivity index (χ4n) is 3.80. The number of anilines is 1. The molecule has 0 spiro atoms. The first-order chi connectivity index (χ1) is 14.8. The second kappa shape index (κ2) is 8.46. The fraction of sp³-hybridized carbons (Fsp3) is 0.286. The first-order valence-electron chi connectivity index (χ1n) is 9.67. The van der Waals surface area contributed by atoms with E-state index in [1.165, 1.54) is 35.5 Å². The summed E-state index contributed by atoms with van der Waals surface area (Å²) in [6.07, 6.45) is -0.289. The van der Waals surface area contributed by atoms with Gasteiger partial charge < -0.3 is 5.32 Å². The third-order valence-electron chi connectivity index (χ3n) is 5.23. The number of nitrogens with one attached hydrogen (secondary N) is 1. The van der Waals surface area contributed by atoms with Crippen LogP contribution in [0.5, 0.6) is 0 Å². The van der Waals surface area contributed by atoms with Gasteiger partial charge in [-0.1, -0.05) is 12.1 Å². The number of nitrogens with zero attached hydrogens (tertiary/aromatic N) is 4. The maximum absolute atomic E-state index is 13.2. The highest BCUT2D eigenvalue weighted by atomic mass is 19.4. The number of benzene rings is 2. The number of rotatable bonds is 5. The van der Waals surface area contributed by atoms with E-state index in [9.17, 15) is 22.4 Å². The maximum atomic E-state index is 13.2. The molecule has 2 heterocycles. The van der Waals surface area contributed by atoms with Crippen LogP contribution in [0.15, 0.2) is 55.1 Å². The van der Waals surface area contributed by atoms with Crippen molar-refractivity contribution in [1.29, 1.82) is 0 Å². The second-order valence-corrected chi connectivity index (χ2v) is 7.30. The molecule has 1 unspecified atom stereocenters. The van der Waals surface area contributed by atoms with Crippen molar-refractivity contribution in [3.63, 3.8) is 0 Å². The summed E-state index contributed by atoms with van der Waals surface area (Å²) in [6.45, 7) is 0.656. The fourth-order valence-corrected chi connectivity index (χ4v) is 3.80. The normalized spacial score (nSPS) is 17.1. The quantitative estimate of drug-likeness (QED) is 0.613. The highest BCUT2D eigenvalue weighted by Crippen LogP contribution is 2.34. The topological polar surface area (TPSA) is 63.1 Å². The van der Waals surface area contributed by atoms with Gasteiger partial charge in [-0.15, -0.1) is 0 Å². The standard InChI is InChI=1S/C21H19F4N5O/c22-16-6-3-14(4-7-16)18-2-1-9-29(18)11-20(31)28-17-10-15(21(23,24)25)5-8-19(17)30-13-26-12-27-30/h3-8,10,12-13,18H,1-2,9,11H2,(H,28,31). The van der Waals surface area contributed by atoms with E-state index in [-0.39, 0.29) is 29.8 Å². The van der Waals surface area contributed by atoms with Crippen molar-refractivity contribution in [2.24, 2.45) is 0 Å². The van der Waals surface area contributed by atoms with E-state index in [4.69, 9.17) is 0 Å². The summed E-state index contributed by atoms with van der Waals surface area (Å²) in [5.41, 5.74) is 0.282. The number of likely N-dealkylation sites (tertiary alicyclic amines) is 1. The van der Waals surface area contributed by atoms with Crippen LogP contribution in [0.4, 0.5) is 23.2 Å². The zero-order valence-corrected chi connectivity index (χ0v) is 16.3. The Morgan fingerprint density at radius 3 is 2.61 bits per heavy atom. The van der Waals surface area contributed by atoms with Crippen molar-refractivity contribution < 1.29 is 22.4 Å². The van der Waals surface area contributed by atoms with E-state index in [1.54, 1.807) is 12.1 Å². The average molecular weight is 433 g/mol. The molecule has 0 aliphatic carbocycles. The van der Waals surface area contributed by atoms with E-state index in [2.05, 4.69) is 15.4 Å². The molecule has 6 nitrogen and oxygen atoms in total. The molecule has 162 valence electrons. The predicted molar refractivity (Wildman–Crippen MR) is 105 cm³/mol. The lowest BCUT2D eigenvalue weighted by Crippen LogP contribution is -2.33. The van der Waals surface area contributed by atoms with Crippen molar-refractivity contribution in [1.82, 2.24) is 19.7 Å². The number of amides is 1. The molecule has 4 rings (SSSR count). The van der Waals surface area contributed by atoms with Gasteiger partial charge >= 0.3 is 6.18 Å². The Bertz CT molecular complexity index is 1050. The van der Waals surface area contributed by atoms with Gasteiger partial charge in [0.15, 0.2) is 0 Å². The second-order valence-electron chi connectivity index (χ2n) is 7.30. The highest BCUT2D eigenvalue weighted by molar-refractivity contribution is 5.94. The minimum atomic E-state index is -4.55. The van der Waals surface area contributed by atoms with Crippen LogP contribution in [0.3, 0.4) is 0 Å². The molecule has 10 heteroatoms. The van der Waals surface area contributed by atoms with Crippen LogP contribution in [0.1, 0.15) is 30.0 Å². The van der Waals surface area contributed by atoms with Gasteiger partial charge in [0.25, 0.3) is 0 Å². The Balaban J connectivity index is 1.54. The van der Waals surface area contributed by atoms with E-state index >= 15 is 0 Å². The molecule has 1 saturated heterocycles. The van der Waals surface area contributed by atoms with Gasteiger partial charge in [0.2, 0.25) is 5.91 Å². The minimum absolute atomic E-state index is 0.00488. The molecule has 31 heavy (non-hydrogen) atoms. The van der Waals surface area contributed by atoms with Crippen LogP contribution >= 0.6 is 0 Å². The van der Waals surface area contributed by atoms with Crippen LogP contribution in [-0.2, 0) is 11.0 Å². The molecule has 1 amide bonds. The average Bonchev–Trinajstić information content (AvgIpc) is 3.40. The van der Waals surface area contributed by atoms with Gasteiger partial charge in [0.1, 0.15) is 18.5 Å². The molecular weight excluding hydrogens is 414 g/mol. The number of carbonyl (C=O) groups is 1. The van der Waals surface area contributed by atoms with Crippen LogP contribution in [0, 0.1) is 5.82 Å². The zero-order chi connectivity index (χ0) is 22.0. The molecule has 1 N–H and O–H groups in total. The molecule has 0 saturated carbocycles. The Morgan fingerprint density at radius 2 is 1.94 bits per heavy atom. The first-order valence-corrected chi connectivity index (χ1v) is 9.67. The SMILES string of the molecule is O=C(CN1CCCC1c1ccc(F)cc1)Nc1cc(C(F)(F)F)ccc1-n1cncn1. The summed E-state index contributed by atoms with van der Waals surface area (Å²) < 4.78 is 54.1. The van der Waals surface area contributed by atoms with Gasteiger partial charge in [-0.25, -0.2) is 14.1 Å². The van der Waals surface area contributed by atoms with Crippen molar-refractivity contribution in [2.75, 3.05) is 18.4 Å². The minimum Gasteiger partial charge on any atom is -0.323 e. The number of carbonyl (C=O) groups excluding carboxylic acids is 1. The highest BCUT2D eigenvalue weighted by Gasteiger charge is 2.32. The third kappa shape index (κ3) is 4.74. The molecular formula is C21H19F4N5O. The molecule has 1 fully saturated rings. The molecule has 1 aliphatic rings. The van der Waals surface area contributed by atoms with Crippen LogP contribution in [-0.4, -0.2) is 38.7 Å². The lowest BCUT2D eigenvalue weighted by atomic mass is 10.0. The number of hydrogen-bond donors (Lipinski definition) is 1. The number of halogens is 4. The monoisotopic (exact) mass is 433 g/mol. The lowest BCUT2D eigenvalue weighted by Gasteiger charge is -2.24. The Morgan fingerprint density at radius 1 is 1.16 bits per heavy atom. The van der Waals surface area contributed by atoms with Crippen LogP contribution in [0.25, 0.3) is 5.69 Å². The summed E-state index contributed by atoms with van der Waals surface area (Å²) in [5.74, 6) is -0.786. The molecule has 3 aromatic rings. The van der Waals surface area contributed by atoms with Crippen molar-refractivity contribution in [3.05, 3.63) is 72.1 Å². The summed E-state index contributed by atoms with van der Waals surface area (Å²) in [5, 5.41) is 6.53. The molecule has 1 aromatic heterocycles. The van der Waals surface area contributed by atoms with Crippen LogP contribution in [0.2, 0.25) is 0 Å². The van der Waals surface area contributed by atoms with E-state index in [1.807, 2.05) is 4.90 Å². The number of aromatic nitrogens is 3. The Hall–Kier alpha value is -3.27. The van der Waals surface area contributed by atoms with E-state index in [0.29, 0.717) is 6.54 Å². The lowest BCUT2D eigenvalue weighted by molar-refractivity contribution is -0.137. The summed E-state index contributed by atoms with van der Waals surface area (Å²) in [7, 11) is 0.